The van der Waals surface area contributed by atoms with Crippen molar-refractivity contribution in [3.63, 3.8) is 0 Å². The molecule has 0 saturated heterocycles. The van der Waals surface area contributed by atoms with Gasteiger partial charge in [-0.1, -0.05) is 38.5 Å². The first-order chi connectivity index (χ1) is 23.2. The minimum atomic E-state index is -3.20. The molecular weight excluding hydrogens is 689 g/mol. The molecule has 0 aliphatic carbocycles. The maximum atomic E-state index is 6.58. The first-order valence-electron chi connectivity index (χ1n) is 18.3. The molecule has 0 rings (SSSR count). The standard InChI is InChI=1S/C32H74O12Si4/c1-13-39-46(40-14-2,41-15-3)30-26-22-24-28-32(48(42-16-4,43-17-5)44-18-6)31(47(36-10,37-11)38-12)27-23-20-19-21-25-29-45(33-7,34-8)35-9/h31-32H,13-30H2,1-12H3. The quantitative estimate of drug-likeness (QED) is 0.0472. The molecule has 0 bridgehead atoms. The van der Waals surface area contributed by atoms with Crippen LogP contribution in [-0.4, -0.2) is 118 Å². The Balaban J connectivity index is 6.12. The summed E-state index contributed by atoms with van der Waals surface area (Å²) in [5.41, 5.74) is -0.124. The first-order valence-corrected chi connectivity index (χ1v) is 25.8. The van der Waals surface area contributed by atoms with Gasteiger partial charge in [0.15, 0.2) is 0 Å². The Morgan fingerprint density at radius 1 is 0.333 bits per heavy atom. The molecule has 0 aromatic carbocycles. The van der Waals surface area contributed by atoms with Crippen LogP contribution in [0.5, 0.6) is 0 Å². The van der Waals surface area contributed by atoms with E-state index in [9.17, 15) is 0 Å². The van der Waals surface area contributed by atoms with Gasteiger partial charge in [0.1, 0.15) is 0 Å². The van der Waals surface area contributed by atoms with Crippen molar-refractivity contribution in [3.05, 3.63) is 0 Å². The summed E-state index contributed by atoms with van der Waals surface area (Å²) in [7, 11) is -1.50. The molecule has 0 saturated carbocycles. The molecule has 290 valence electrons. The summed E-state index contributed by atoms with van der Waals surface area (Å²) >= 11 is 0. The molecule has 0 amide bonds. The van der Waals surface area contributed by atoms with E-state index in [2.05, 4.69) is 0 Å². The molecule has 0 aliphatic heterocycles. The SMILES string of the molecule is CCO[Si](CCCCCC(C(CCCCCCC[Si](OC)(OC)OC)[Si](OC)(OC)OC)[Si](OCC)(OCC)OCC)(OCC)OCC. The van der Waals surface area contributed by atoms with E-state index in [1.165, 1.54) is 0 Å². The molecule has 0 spiro atoms. The molecule has 0 heterocycles. The zero-order chi connectivity index (χ0) is 36.4. The molecule has 0 N–H and O–H groups in total. The second-order valence-electron chi connectivity index (χ2n) is 11.5. The lowest BCUT2D eigenvalue weighted by atomic mass is 10.0. The fraction of sp³-hybridized carbons (Fsp3) is 1.00. The predicted octanol–water partition coefficient (Wildman–Crippen LogP) is 7.48. The molecule has 2 atom stereocenters. The minimum Gasteiger partial charge on any atom is -0.377 e. The zero-order valence-corrected chi connectivity index (χ0v) is 36.8. The molecule has 16 heteroatoms. The van der Waals surface area contributed by atoms with E-state index in [1.807, 2.05) is 41.5 Å². The Bertz CT molecular complexity index is 699. The van der Waals surface area contributed by atoms with Crippen LogP contribution in [0.1, 0.15) is 106 Å². The molecule has 0 radical (unpaired) electrons. The Morgan fingerprint density at radius 2 is 0.646 bits per heavy atom. The summed E-state index contributed by atoms with van der Waals surface area (Å²) in [5.74, 6) is 0. The van der Waals surface area contributed by atoms with Gasteiger partial charge in [-0.2, -0.15) is 0 Å². The monoisotopic (exact) mass is 762 g/mol. The molecule has 0 aliphatic rings. The van der Waals surface area contributed by atoms with Crippen LogP contribution in [0.4, 0.5) is 0 Å². The van der Waals surface area contributed by atoms with Crippen LogP contribution in [0.25, 0.3) is 0 Å². The van der Waals surface area contributed by atoms with Crippen molar-refractivity contribution < 1.29 is 53.1 Å². The van der Waals surface area contributed by atoms with E-state index >= 15 is 0 Å². The van der Waals surface area contributed by atoms with Crippen LogP contribution in [0, 0.1) is 0 Å². The average molecular weight is 763 g/mol. The van der Waals surface area contributed by atoms with Gasteiger partial charge in [-0.05, 0) is 67.2 Å². The molecule has 48 heavy (non-hydrogen) atoms. The minimum absolute atomic E-state index is 0.0618. The van der Waals surface area contributed by atoms with Gasteiger partial charge in [0.2, 0.25) is 0 Å². The third-order valence-electron chi connectivity index (χ3n) is 8.81. The van der Waals surface area contributed by atoms with E-state index in [0.717, 1.165) is 76.3 Å². The normalized spacial score (nSPS) is 14.5. The van der Waals surface area contributed by atoms with Crippen molar-refractivity contribution in [2.75, 3.05) is 82.3 Å². The Hall–Kier alpha value is 0.388. The van der Waals surface area contributed by atoms with Crippen molar-refractivity contribution in [2.24, 2.45) is 0 Å². The molecule has 0 fully saturated rings. The molecule has 12 nitrogen and oxygen atoms in total. The van der Waals surface area contributed by atoms with E-state index in [0.29, 0.717) is 39.6 Å². The van der Waals surface area contributed by atoms with Crippen molar-refractivity contribution in [2.45, 2.75) is 129 Å². The maximum Gasteiger partial charge on any atom is 0.504 e. The lowest BCUT2D eigenvalue weighted by molar-refractivity contribution is 0.0480. The van der Waals surface area contributed by atoms with E-state index in [-0.39, 0.29) is 11.1 Å². The topological polar surface area (TPSA) is 111 Å². The highest BCUT2D eigenvalue weighted by Crippen LogP contribution is 2.49. The summed E-state index contributed by atoms with van der Waals surface area (Å²) in [6.07, 6.45) is 9.79. The molecule has 0 aromatic rings. The third kappa shape index (κ3) is 15.6. The number of unbranched alkanes of at least 4 members (excludes halogenated alkanes) is 6. The summed E-state index contributed by atoms with van der Waals surface area (Å²) in [6.45, 7) is 15.2. The van der Waals surface area contributed by atoms with Crippen molar-refractivity contribution in [1.29, 1.82) is 0 Å². The van der Waals surface area contributed by atoms with Crippen LogP contribution in [0.3, 0.4) is 0 Å². The van der Waals surface area contributed by atoms with Gasteiger partial charge < -0.3 is 53.1 Å². The molecule has 2 unspecified atom stereocenters. The summed E-state index contributed by atoms with van der Waals surface area (Å²) in [5, 5.41) is 0. The van der Waals surface area contributed by atoms with Crippen molar-refractivity contribution in [1.82, 2.24) is 0 Å². The number of rotatable bonds is 35. The Labute approximate surface area is 298 Å². The van der Waals surface area contributed by atoms with Crippen molar-refractivity contribution >= 4 is 35.2 Å². The van der Waals surface area contributed by atoms with Gasteiger partial charge in [-0.25, -0.2) is 0 Å². The van der Waals surface area contributed by atoms with Gasteiger partial charge in [-0.3, -0.25) is 0 Å². The number of hydrogen-bond acceptors (Lipinski definition) is 12. The summed E-state index contributed by atoms with van der Waals surface area (Å²) in [4.78, 5) is 0. The van der Waals surface area contributed by atoms with E-state index < -0.39 is 35.2 Å². The van der Waals surface area contributed by atoms with Crippen LogP contribution in [-0.2, 0) is 53.1 Å². The van der Waals surface area contributed by atoms with Gasteiger partial charge in [0.25, 0.3) is 0 Å². The van der Waals surface area contributed by atoms with Gasteiger partial charge in [0, 0.05) is 105 Å². The first kappa shape index (κ1) is 48.4. The average Bonchev–Trinajstić information content (AvgIpc) is 3.09. The second-order valence-corrected chi connectivity index (χ2v) is 23.3. The van der Waals surface area contributed by atoms with E-state index in [1.54, 1.807) is 42.7 Å². The highest BCUT2D eigenvalue weighted by Gasteiger charge is 2.61. The van der Waals surface area contributed by atoms with Gasteiger partial charge in [-0.15, -0.1) is 0 Å². The predicted molar refractivity (Wildman–Crippen MR) is 198 cm³/mol. The zero-order valence-electron chi connectivity index (χ0n) is 32.8. The third-order valence-corrected chi connectivity index (χ3v) is 22.1. The second kappa shape index (κ2) is 28.0. The smallest absolute Gasteiger partial charge is 0.377 e. The van der Waals surface area contributed by atoms with Crippen LogP contribution >= 0.6 is 0 Å². The lowest BCUT2D eigenvalue weighted by Gasteiger charge is -2.43. The largest absolute Gasteiger partial charge is 0.504 e. The van der Waals surface area contributed by atoms with Crippen LogP contribution in [0.2, 0.25) is 23.2 Å². The van der Waals surface area contributed by atoms with Crippen LogP contribution in [0.15, 0.2) is 0 Å². The van der Waals surface area contributed by atoms with Crippen molar-refractivity contribution in [3.8, 4) is 0 Å². The fourth-order valence-corrected chi connectivity index (χ4v) is 18.3. The lowest BCUT2D eigenvalue weighted by Crippen LogP contribution is -2.58. The maximum absolute atomic E-state index is 6.58. The molecular formula is C32H74O12Si4. The Kier molecular flexibility index (Phi) is 28.2. The summed E-state index contributed by atoms with van der Waals surface area (Å²) in [6, 6.07) is 1.60. The Morgan fingerprint density at radius 3 is 1.00 bits per heavy atom. The van der Waals surface area contributed by atoms with Crippen LogP contribution < -0.4 is 0 Å². The van der Waals surface area contributed by atoms with Gasteiger partial charge in [0.05, 0.1) is 0 Å². The highest BCUT2D eigenvalue weighted by molar-refractivity contribution is 6.69. The fourth-order valence-electron chi connectivity index (χ4n) is 6.68. The number of hydrogen-bond donors (Lipinski definition) is 0. The molecule has 0 aromatic heterocycles. The van der Waals surface area contributed by atoms with E-state index in [4.69, 9.17) is 53.1 Å². The highest BCUT2D eigenvalue weighted by atomic mass is 28.4. The van der Waals surface area contributed by atoms with Gasteiger partial charge >= 0.3 is 35.2 Å². The summed E-state index contributed by atoms with van der Waals surface area (Å²) < 4.78 is 73.4.